The van der Waals surface area contributed by atoms with Crippen LogP contribution in [0.1, 0.15) is 106 Å². The van der Waals surface area contributed by atoms with Gasteiger partial charge in [-0.2, -0.15) is 0 Å². The van der Waals surface area contributed by atoms with Crippen molar-refractivity contribution in [1.29, 1.82) is 0 Å². The second-order valence-corrected chi connectivity index (χ2v) is 27.8. The number of fused-ring (bicyclic) bond motifs is 2. The van der Waals surface area contributed by atoms with Gasteiger partial charge >= 0.3 is 11.9 Å². The van der Waals surface area contributed by atoms with Gasteiger partial charge in [-0.25, -0.2) is 26.4 Å². The topological polar surface area (TPSA) is 158 Å². The van der Waals surface area contributed by atoms with Gasteiger partial charge in [0.2, 0.25) is 0 Å². The first-order chi connectivity index (χ1) is 37.0. The Hall–Kier alpha value is -4.96. The van der Waals surface area contributed by atoms with Crippen molar-refractivity contribution < 1.29 is 54.8 Å². The Morgan fingerprint density at radius 1 is 0.526 bits per heavy atom. The molecular weight excluding hydrogens is 1020 g/mol. The lowest BCUT2D eigenvalue weighted by Gasteiger charge is -2.40. The maximum Gasteiger partial charge on any atom is 0.337 e. The molecule has 4 aromatic rings. The molecule has 0 N–H and O–H groups in total. The predicted molar refractivity (Wildman–Crippen MR) is 303 cm³/mol. The number of benzene rings is 4. The lowest BCUT2D eigenvalue weighted by molar-refractivity contribution is -0.175. The van der Waals surface area contributed by atoms with Crippen LogP contribution in [0, 0.1) is 47.3 Å². The van der Waals surface area contributed by atoms with E-state index in [0.717, 1.165) is 24.0 Å². The standard InChI is InChI=1S/2C32H42O6S/c2*1-21(2)26-18-17-22(3)28-27(19-32(5,31(33)36-6)37-20-24-13-9-7-10-14-24)38-30(29(26)28)23(4)39(34,35)25-15-11-8-12-16-25/h2*7-17,21,23,26-30H,18-20H2,1-6H3/t2*23-,26+,27+,28+,29+,30-,32-/m00/s1. The minimum atomic E-state index is -3.64. The van der Waals surface area contributed by atoms with Crippen molar-refractivity contribution in [2.24, 2.45) is 47.3 Å². The van der Waals surface area contributed by atoms with E-state index in [1.807, 2.05) is 72.8 Å². The summed E-state index contributed by atoms with van der Waals surface area (Å²) in [6, 6.07) is 36.6. The zero-order valence-corrected chi connectivity index (χ0v) is 49.4. The fraction of sp³-hybridized carbons (Fsp3) is 0.531. The first-order valence-electron chi connectivity index (χ1n) is 27.7. The Labute approximate surface area is 465 Å². The van der Waals surface area contributed by atoms with Crippen LogP contribution in [-0.4, -0.2) is 89.1 Å². The van der Waals surface area contributed by atoms with Crippen LogP contribution < -0.4 is 0 Å². The fourth-order valence-electron chi connectivity index (χ4n) is 13.0. The summed E-state index contributed by atoms with van der Waals surface area (Å²) in [4.78, 5) is 26.8. The molecule has 0 saturated carbocycles. The van der Waals surface area contributed by atoms with Gasteiger partial charge in [-0.3, -0.25) is 0 Å². The molecule has 2 aliphatic carbocycles. The van der Waals surface area contributed by atoms with E-state index in [2.05, 4.69) is 53.7 Å². The third kappa shape index (κ3) is 13.1. The molecule has 14 atom stereocenters. The van der Waals surface area contributed by atoms with Crippen LogP contribution in [0.25, 0.3) is 0 Å². The third-order valence-corrected chi connectivity index (χ3v) is 21.8. The number of sulfone groups is 2. The molecule has 4 aromatic carbocycles. The van der Waals surface area contributed by atoms with Gasteiger partial charge in [0.25, 0.3) is 0 Å². The lowest BCUT2D eigenvalue weighted by atomic mass is 9.65. The highest BCUT2D eigenvalue weighted by molar-refractivity contribution is 7.92. The fourth-order valence-corrected chi connectivity index (χ4v) is 16.1. The van der Waals surface area contributed by atoms with Crippen LogP contribution in [0.5, 0.6) is 0 Å². The maximum atomic E-state index is 13.8. The molecule has 2 heterocycles. The quantitative estimate of drug-likeness (QED) is 0.0610. The second kappa shape index (κ2) is 25.7. The van der Waals surface area contributed by atoms with Gasteiger partial charge in [0.15, 0.2) is 30.9 Å². The molecule has 0 radical (unpaired) electrons. The SMILES string of the molecule is COC(=O)[C@](C)(C[C@H]1O[C@@H]([C@H](C)S(=O)(=O)c2ccccc2)[C@H]2[C@@H]1C(C)=CC[C@@H]2C(C)C)OCc1ccccc1.COC(=O)[C@](C)(C[C@H]1O[C@@H]([C@H](C)S(=O)(=O)c2ccccc2)[C@H]2[C@@H]1C(C)=CC[C@@H]2C(C)C)OCc1ccccc1. The van der Waals surface area contributed by atoms with Gasteiger partial charge in [0.1, 0.15) is 0 Å². The Kier molecular flexibility index (Phi) is 20.0. The lowest BCUT2D eigenvalue weighted by Crippen LogP contribution is -2.44. The van der Waals surface area contributed by atoms with E-state index in [1.54, 1.807) is 76.2 Å². The molecule has 14 heteroatoms. The Bertz CT molecular complexity index is 2710. The molecule has 78 heavy (non-hydrogen) atoms. The highest BCUT2D eigenvalue weighted by atomic mass is 32.2. The summed E-state index contributed by atoms with van der Waals surface area (Å²) in [5, 5.41) is -1.50. The number of carbonyl (C=O) groups excluding carboxylic acids is 2. The normalized spacial score (nSPS) is 27.4. The van der Waals surface area contributed by atoms with E-state index >= 15 is 0 Å². The smallest absolute Gasteiger partial charge is 0.337 e. The van der Waals surface area contributed by atoms with E-state index in [-0.39, 0.29) is 61.6 Å². The second-order valence-electron chi connectivity index (χ2n) is 23.2. The molecular formula is C64H84O12S2. The van der Waals surface area contributed by atoms with Gasteiger partial charge in [-0.15, -0.1) is 0 Å². The number of carbonyl (C=O) groups is 2. The van der Waals surface area contributed by atoms with Gasteiger partial charge in [-0.1, -0.05) is 148 Å². The van der Waals surface area contributed by atoms with Crippen molar-refractivity contribution in [2.45, 2.75) is 164 Å². The van der Waals surface area contributed by atoms with E-state index < -0.39 is 77.7 Å². The van der Waals surface area contributed by atoms with Gasteiger partial charge in [0, 0.05) is 24.7 Å². The number of allylic oxidation sites excluding steroid dienone is 2. The van der Waals surface area contributed by atoms with E-state index in [1.165, 1.54) is 25.4 Å². The van der Waals surface area contributed by atoms with Crippen LogP contribution in [-0.2, 0) is 70.9 Å². The molecule has 424 valence electrons. The molecule has 0 spiro atoms. The summed E-state index contributed by atoms with van der Waals surface area (Å²) < 4.78 is 91.5. The van der Waals surface area contributed by atoms with Gasteiger partial charge < -0.3 is 28.4 Å². The number of esters is 2. The van der Waals surface area contributed by atoms with Crippen LogP contribution >= 0.6 is 0 Å². The van der Waals surface area contributed by atoms with Crippen molar-refractivity contribution in [1.82, 2.24) is 0 Å². The molecule has 2 saturated heterocycles. The minimum Gasteiger partial charge on any atom is -0.467 e. The van der Waals surface area contributed by atoms with E-state index in [4.69, 9.17) is 28.4 Å². The molecule has 12 nitrogen and oxygen atoms in total. The minimum absolute atomic E-state index is 0.00417. The summed E-state index contributed by atoms with van der Waals surface area (Å²) >= 11 is 0. The van der Waals surface area contributed by atoms with Crippen molar-refractivity contribution in [3.8, 4) is 0 Å². The number of methoxy groups -OCH3 is 2. The average Bonchev–Trinajstić information content (AvgIpc) is 4.06. The van der Waals surface area contributed by atoms with Gasteiger partial charge in [0.05, 0.1) is 72.1 Å². The Balaban J connectivity index is 0.000000226. The zero-order valence-electron chi connectivity index (χ0n) is 47.7. The largest absolute Gasteiger partial charge is 0.467 e. The van der Waals surface area contributed by atoms with Crippen molar-refractivity contribution in [2.75, 3.05) is 14.2 Å². The molecule has 2 aliphatic heterocycles. The van der Waals surface area contributed by atoms with Crippen LogP contribution in [0.15, 0.2) is 154 Å². The first-order valence-corrected chi connectivity index (χ1v) is 30.8. The number of rotatable bonds is 20. The highest BCUT2D eigenvalue weighted by Crippen LogP contribution is 2.54. The predicted octanol–water partition coefficient (Wildman–Crippen LogP) is 12.0. The third-order valence-electron chi connectivity index (χ3n) is 17.5. The summed E-state index contributed by atoms with van der Waals surface area (Å²) in [6.07, 6.45) is 4.99. The van der Waals surface area contributed by atoms with E-state index in [9.17, 15) is 26.4 Å². The van der Waals surface area contributed by atoms with Gasteiger partial charge in [-0.05, 0) is 125 Å². The van der Waals surface area contributed by atoms with Crippen LogP contribution in [0.2, 0.25) is 0 Å². The molecule has 4 aliphatic rings. The number of ether oxygens (including phenoxy) is 6. The number of hydrogen-bond acceptors (Lipinski definition) is 12. The molecule has 0 aromatic heterocycles. The van der Waals surface area contributed by atoms with Crippen LogP contribution in [0.4, 0.5) is 0 Å². The number of hydrogen-bond donors (Lipinski definition) is 0. The zero-order chi connectivity index (χ0) is 56.7. The van der Waals surface area contributed by atoms with Crippen LogP contribution in [0.3, 0.4) is 0 Å². The maximum absolute atomic E-state index is 13.8. The monoisotopic (exact) mass is 1110 g/mol. The Morgan fingerprint density at radius 2 is 0.833 bits per heavy atom. The summed E-state index contributed by atoms with van der Waals surface area (Å²) in [5.41, 5.74) is 1.74. The molecule has 0 bridgehead atoms. The molecule has 0 unspecified atom stereocenters. The average molecular weight is 1110 g/mol. The molecule has 8 rings (SSSR count). The molecule has 0 amide bonds. The highest BCUT2D eigenvalue weighted by Gasteiger charge is 2.58. The summed E-state index contributed by atoms with van der Waals surface area (Å²) in [6.45, 7) is 20.5. The van der Waals surface area contributed by atoms with E-state index in [0.29, 0.717) is 21.6 Å². The molecule has 2 fully saturated rings. The first kappa shape index (κ1) is 60.7. The van der Waals surface area contributed by atoms with Crippen molar-refractivity contribution >= 4 is 31.6 Å². The van der Waals surface area contributed by atoms with Crippen molar-refractivity contribution in [3.63, 3.8) is 0 Å². The summed E-state index contributed by atoms with van der Waals surface area (Å²) in [5.74, 6) is 0.249. The summed E-state index contributed by atoms with van der Waals surface area (Å²) in [7, 11) is -4.56. The Morgan fingerprint density at radius 3 is 1.13 bits per heavy atom. The van der Waals surface area contributed by atoms with Crippen molar-refractivity contribution in [3.05, 3.63) is 156 Å².